The molecule has 0 amide bonds. The van der Waals surface area contributed by atoms with E-state index in [0.717, 1.165) is 15.3 Å². The Kier molecular flexibility index (Phi) is 6.51. The van der Waals surface area contributed by atoms with Gasteiger partial charge in [-0.15, -0.1) is 11.3 Å². The van der Waals surface area contributed by atoms with E-state index in [0.29, 0.717) is 29.9 Å². The number of benzene rings is 2. The van der Waals surface area contributed by atoms with Crippen molar-refractivity contribution in [3.8, 4) is 21.9 Å². The number of hydrogen-bond acceptors (Lipinski definition) is 5. The van der Waals surface area contributed by atoms with Gasteiger partial charge in [0.25, 0.3) is 0 Å². The van der Waals surface area contributed by atoms with Crippen molar-refractivity contribution in [1.82, 2.24) is 0 Å². The van der Waals surface area contributed by atoms with Crippen molar-refractivity contribution in [1.29, 1.82) is 0 Å². The van der Waals surface area contributed by atoms with Crippen molar-refractivity contribution in [3.05, 3.63) is 70.1 Å². The standard InChI is InChI=1S/C25H26O5S/c1-15-21(10-9-19(23(15)27)20(26)13-25(2,3)4)30-14-18-8-11-22(31-18)16-6-5-7-17(12-16)24(28)29/h5-12,27H,13-14H2,1-4H3,(H,28,29). The van der Waals surface area contributed by atoms with Crippen molar-refractivity contribution in [2.45, 2.75) is 40.7 Å². The minimum absolute atomic E-state index is 0.0379. The minimum atomic E-state index is -0.957. The number of phenols is 1. The molecule has 0 bridgehead atoms. The number of aromatic hydroxyl groups is 1. The third-order valence-electron chi connectivity index (χ3n) is 4.80. The summed E-state index contributed by atoms with van der Waals surface area (Å²) in [6, 6.07) is 14.0. The van der Waals surface area contributed by atoms with Crippen LogP contribution in [-0.2, 0) is 6.61 Å². The van der Waals surface area contributed by atoms with Gasteiger partial charge >= 0.3 is 5.97 Å². The highest BCUT2D eigenvalue weighted by atomic mass is 32.1. The predicted octanol–water partition coefficient (Wildman–Crippen LogP) is 6.33. The van der Waals surface area contributed by atoms with Gasteiger partial charge in [0.05, 0.1) is 11.1 Å². The fourth-order valence-corrected chi connectivity index (χ4v) is 4.12. The van der Waals surface area contributed by atoms with Gasteiger partial charge in [0.2, 0.25) is 0 Å². The van der Waals surface area contributed by atoms with Gasteiger partial charge in [-0.25, -0.2) is 4.79 Å². The fourth-order valence-electron chi connectivity index (χ4n) is 3.20. The van der Waals surface area contributed by atoms with Crippen molar-refractivity contribution >= 4 is 23.1 Å². The number of rotatable bonds is 7. The third kappa shape index (κ3) is 5.52. The first kappa shape index (κ1) is 22.6. The van der Waals surface area contributed by atoms with Gasteiger partial charge in [-0.2, -0.15) is 0 Å². The van der Waals surface area contributed by atoms with Crippen LogP contribution in [0.15, 0.2) is 48.5 Å². The van der Waals surface area contributed by atoms with Gasteiger partial charge in [-0.05, 0) is 54.3 Å². The van der Waals surface area contributed by atoms with E-state index in [2.05, 4.69) is 0 Å². The molecule has 0 saturated carbocycles. The molecule has 0 aliphatic carbocycles. The average Bonchev–Trinajstić information content (AvgIpc) is 3.17. The zero-order chi connectivity index (χ0) is 22.8. The number of Topliss-reactive ketones (excluding diaryl/α,β-unsaturated/α-hetero) is 1. The monoisotopic (exact) mass is 438 g/mol. The summed E-state index contributed by atoms with van der Waals surface area (Å²) in [6.45, 7) is 7.99. The molecule has 1 aromatic heterocycles. The smallest absolute Gasteiger partial charge is 0.335 e. The lowest BCUT2D eigenvalue weighted by atomic mass is 9.87. The van der Waals surface area contributed by atoms with Crippen LogP contribution >= 0.6 is 11.3 Å². The van der Waals surface area contributed by atoms with Gasteiger partial charge in [0, 0.05) is 21.7 Å². The number of carbonyl (C=O) groups excluding carboxylic acids is 1. The van der Waals surface area contributed by atoms with Crippen LogP contribution in [0, 0.1) is 12.3 Å². The Labute approximate surface area is 185 Å². The molecule has 6 heteroatoms. The van der Waals surface area contributed by atoms with Gasteiger partial charge in [-0.3, -0.25) is 4.79 Å². The molecule has 2 aromatic carbocycles. The van der Waals surface area contributed by atoms with Crippen LogP contribution in [0.3, 0.4) is 0 Å². The number of carbonyl (C=O) groups is 2. The number of ether oxygens (including phenoxy) is 1. The topological polar surface area (TPSA) is 83.8 Å². The molecule has 31 heavy (non-hydrogen) atoms. The molecule has 0 atom stereocenters. The molecule has 1 heterocycles. The largest absolute Gasteiger partial charge is 0.507 e. The van der Waals surface area contributed by atoms with Crippen molar-refractivity contribution in [2.75, 3.05) is 0 Å². The maximum absolute atomic E-state index is 12.5. The second-order valence-corrected chi connectivity index (χ2v) is 9.85. The number of aromatic carboxylic acids is 1. The molecule has 0 aliphatic heterocycles. The number of phenolic OH excluding ortho intramolecular Hbond substituents is 1. The van der Waals surface area contributed by atoms with Crippen molar-refractivity contribution in [3.63, 3.8) is 0 Å². The molecule has 0 spiro atoms. The molecule has 0 unspecified atom stereocenters. The number of hydrogen-bond donors (Lipinski definition) is 2. The van der Waals surface area contributed by atoms with E-state index < -0.39 is 5.97 Å². The van der Waals surface area contributed by atoms with E-state index in [1.807, 2.05) is 39.0 Å². The van der Waals surface area contributed by atoms with Gasteiger partial charge in [0.1, 0.15) is 18.1 Å². The first-order valence-corrected chi connectivity index (χ1v) is 10.8. The zero-order valence-corrected chi connectivity index (χ0v) is 18.9. The highest BCUT2D eigenvalue weighted by molar-refractivity contribution is 7.15. The van der Waals surface area contributed by atoms with Crippen LogP contribution in [0.4, 0.5) is 0 Å². The van der Waals surface area contributed by atoms with E-state index in [1.54, 1.807) is 37.3 Å². The maximum atomic E-state index is 12.5. The van der Waals surface area contributed by atoms with Crippen LogP contribution in [0.5, 0.6) is 11.5 Å². The van der Waals surface area contributed by atoms with Crippen molar-refractivity contribution in [2.24, 2.45) is 5.41 Å². The fraction of sp³-hybridized carbons (Fsp3) is 0.280. The van der Waals surface area contributed by atoms with Crippen molar-refractivity contribution < 1.29 is 24.5 Å². The second-order valence-electron chi connectivity index (χ2n) is 8.69. The Balaban J connectivity index is 1.72. The first-order chi connectivity index (χ1) is 14.5. The Morgan fingerprint density at radius 2 is 1.81 bits per heavy atom. The summed E-state index contributed by atoms with van der Waals surface area (Å²) in [5.41, 5.74) is 1.78. The summed E-state index contributed by atoms with van der Waals surface area (Å²) in [6.07, 6.45) is 0.348. The molecule has 2 N–H and O–H groups in total. The lowest BCUT2D eigenvalue weighted by Crippen LogP contribution is -2.13. The summed E-state index contributed by atoms with van der Waals surface area (Å²) in [5, 5.41) is 19.7. The lowest BCUT2D eigenvalue weighted by molar-refractivity contribution is 0.0696. The van der Waals surface area contributed by atoms with Gasteiger partial charge in [0.15, 0.2) is 5.78 Å². The summed E-state index contributed by atoms with van der Waals surface area (Å²) < 4.78 is 5.90. The third-order valence-corrected chi connectivity index (χ3v) is 5.91. The van der Waals surface area contributed by atoms with E-state index in [-0.39, 0.29) is 22.5 Å². The van der Waals surface area contributed by atoms with Gasteiger partial charge < -0.3 is 14.9 Å². The molecular weight excluding hydrogens is 412 g/mol. The minimum Gasteiger partial charge on any atom is -0.507 e. The van der Waals surface area contributed by atoms with E-state index in [1.165, 1.54) is 11.3 Å². The molecule has 3 aromatic rings. The summed E-state index contributed by atoms with van der Waals surface area (Å²) in [7, 11) is 0. The number of carboxylic acid groups (broad SMARTS) is 1. The Bertz CT molecular complexity index is 1120. The molecular formula is C25H26O5S. The van der Waals surface area contributed by atoms with E-state index in [9.17, 15) is 19.8 Å². The molecule has 0 aliphatic rings. The quantitative estimate of drug-likeness (QED) is 0.421. The Morgan fingerprint density at radius 3 is 2.48 bits per heavy atom. The van der Waals surface area contributed by atoms with Gasteiger partial charge in [-0.1, -0.05) is 32.9 Å². The normalized spacial score (nSPS) is 11.4. The van der Waals surface area contributed by atoms with E-state index >= 15 is 0 Å². The lowest BCUT2D eigenvalue weighted by Gasteiger charge is -2.18. The predicted molar refractivity (Wildman–Crippen MR) is 122 cm³/mol. The highest BCUT2D eigenvalue weighted by Crippen LogP contribution is 2.34. The van der Waals surface area contributed by atoms with Crippen LogP contribution in [0.25, 0.3) is 10.4 Å². The maximum Gasteiger partial charge on any atom is 0.335 e. The highest BCUT2D eigenvalue weighted by Gasteiger charge is 2.21. The van der Waals surface area contributed by atoms with Crippen LogP contribution in [0.1, 0.15) is 58.3 Å². The average molecular weight is 439 g/mol. The number of ketones is 1. The molecule has 162 valence electrons. The van der Waals surface area contributed by atoms with Crippen LogP contribution < -0.4 is 4.74 Å². The zero-order valence-electron chi connectivity index (χ0n) is 18.1. The molecule has 5 nitrogen and oxygen atoms in total. The SMILES string of the molecule is Cc1c(OCc2ccc(-c3cccc(C(=O)O)c3)s2)ccc(C(=O)CC(C)(C)C)c1O. The summed E-state index contributed by atoms with van der Waals surface area (Å²) in [5.74, 6) is -0.565. The summed E-state index contributed by atoms with van der Waals surface area (Å²) >= 11 is 1.52. The molecule has 3 rings (SSSR count). The molecule has 0 saturated heterocycles. The number of thiophene rings is 1. The van der Waals surface area contributed by atoms with Crippen LogP contribution in [-0.4, -0.2) is 22.0 Å². The molecule has 0 radical (unpaired) electrons. The Hall–Kier alpha value is -3.12. The second kappa shape index (κ2) is 8.94. The Morgan fingerprint density at radius 1 is 1.06 bits per heavy atom. The van der Waals surface area contributed by atoms with E-state index in [4.69, 9.17) is 4.74 Å². The first-order valence-electron chi connectivity index (χ1n) is 9.96. The summed E-state index contributed by atoms with van der Waals surface area (Å²) in [4.78, 5) is 25.6. The molecule has 0 fully saturated rings. The van der Waals surface area contributed by atoms with Crippen LogP contribution in [0.2, 0.25) is 0 Å². The number of carboxylic acids is 1.